The van der Waals surface area contributed by atoms with Crippen LogP contribution >= 0.6 is 11.3 Å². The molecule has 0 unspecified atom stereocenters. The Labute approximate surface area is 144 Å². The highest BCUT2D eigenvalue weighted by atomic mass is 32.1. The number of aromatic nitrogens is 1. The van der Waals surface area contributed by atoms with Crippen molar-refractivity contribution in [3.63, 3.8) is 0 Å². The van der Waals surface area contributed by atoms with Crippen LogP contribution < -0.4 is 14.8 Å². The van der Waals surface area contributed by atoms with Crippen molar-refractivity contribution in [1.29, 1.82) is 0 Å². The number of methoxy groups -OCH3 is 2. The highest BCUT2D eigenvalue weighted by Gasteiger charge is 2.14. The summed E-state index contributed by atoms with van der Waals surface area (Å²) in [6.45, 7) is 3.93. The van der Waals surface area contributed by atoms with Gasteiger partial charge in [-0.25, -0.2) is 4.98 Å². The number of fused-ring (bicyclic) bond motifs is 1. The molecule has 1 amide bonds. The molecule has 2 aromatic carbocycles. The zero-order valence-corrected chi connectivity index (χ0v) is 14.8. The number of rotatable bonds is 4. The predicted octanol–water partition coefficient (Wildman–Crippen LogP) is 4.18. The van der Waals surface area contributed by atoms with Crippen LogP contribution in [0, 0.1) is 13.8 Å². The van der Waals surface area contributed by atoms with Crippen molar-refractivity contribution in [2.24, 2.45) is 0 Å². The molecule has 0 saturated heterocycles. The number of carbonyl (C=O) groups excluding carboxylic acids is 1. The van der Waals surface area contributed by atoms with Crippen molar-refractivity contribution in [3.05, 3.63) is 47.0 Å². The molecule has 3 aromatic rings. The number of amides is 1. The number of benzene rings is 2. The first-order valence-corrected chi connectivity index (χ1v) is 8.24. The molecule has 5 nitrogen and oxygen atoms in total. The minimum Gasteiger partial charge on any atom is -0.493 e. The quantitative estimate of drug-likeness (QED) is 0.772. The van der Waals surface area contributed by atoms with Gasteiger partial charge in [-0.1, -0.05) is 29.0 Å². The maximum Gasteiger partial charge on any atom is 0.257 e. The van der Waals surface area contributed by atoms with E-state index in [0.29, 0.717) is 22.2 Å². The van der Waals surface area contributed by atoms with Crippen molar-refractivity contribution < 1.29 is 14.3 Å². The molecule has 0 aliphatic rings. The number of hydrogen-bond acceptors (Lipinski definition) is 5. The van der Waals surface area contributed by atoms with Crippen molar-refractivity contribution in [3.8, 4) is 11.5 Å². The fraction of sp³-hybridized carbons (Fsp3) is 0.222. The smallest absolute Gasteiger partial charge is 0.257 e. The summed E-state index contributed by atoms with van der Waals surface area (Å²) < 4.78 is 11.5. The van der Waals surface area contributed by atoms with E-state index in [1.54, 1.807) is 20.3 Å². The molecule has 0 radical (unpaired) electrons. The first kappa shape index (κ1) is 16.3. The molecule has 24 heavy (non-hydrogen) atoms. The van der Waals surface area contributed by atoms with Crippen LogP contribution in [0.1, 0.15) is 21.5 Å². The van der Waals surface area contributed by atoms with E-state index >= 15 is 0 Å². The van der Waals surface area contributed by atoms with E-state index in [1.807, 2.05) is 38.1 Å². The summed E-state index contributed by atoms with van der Waals surface area (Å²) in [5.74, 6) is 1.09. The molecule has 3 rings (SSSR count). The van der Waals surface area contributed by atoms with Gasteiger partial charge in [0.25, 0.3) is 5.91 Å². The molecule has 0 fully saturated rings. The summed E-state index contributed by atoms with van der Waals surface area (Å²) in [6.07, 6.45) is 0. The highest BCUT2D eigenvalue weighted by Crippen LogP contribution is 2.36. The molecule has 0 aliphatic carbocycles. The summed E-state index contributed by atoms with van der Waals surface area (Å²) >= 11 is 1.40. The minimum absolute atomic E-state index is 0.162. The second-order valence-electron chi connectivity index (χ2n) is 5.47. The van der Waals surface area contributed by atoms with E-state index in [9.17, 15) is 4.79 Å². The maximum atomic E-state index is 12.5. The molecule has 0 aliphatic heterocycles. The van der Waals surface area contributed by atoms with Crippen LogP contribution in [-0.4, -0.2) is 25.1 Å². The van der Waals surface area contributed by atoms with Crippen LogP contribution in [0.3, 0.4) is 0 Å². The van der Waals surface area contributed by atoms with E-state index in [4.69, 9.17) is 9.47 Å². The van der Waals surface area contributed by atoms with E-state index in [1.165, 1.54) is 11.3 Å². The lowest BCUT2D eigenvalue weighted by atomic mass is 10.1. The third-order valence-corrected chi connectivity index (χ3v) is 4.67. The van der Waals surface area contributed by atoms with E-state index in [-0.39, 0.29) is 5.91 Å². The number of aryl methyl sites for hydroxylation is 2. The standard InChI is InChI=1S/C18H18N2O3S/c1-10-5-6-12(11(2)7-10)17(21)20-18-19-13-8-14(22-3)15(23-4)9-16(13)24-18/h5-9H,1-4H3,(H,19,20,21). The second kappa shape index (κ2) is 6.49. The molecule has 0 saturated carbocycles. The molecule has 1 heterocycles. The van der Waals surface area contributed by atoms with Gasteiger partial charge in [0, 0.05) is 17.7 Å². The summed E-state index contributed by atoms with van der Waals surface area (Å²) in [6, 6.07) is 9.41. The Kier molecular flexibility index (Phi) is 4.40. The number of carbonyl (C=O) groups is 1. The van der Waals surface area contributed by atoms with Crippen molar-refractivity contribution >= 4 is 32.6 Å². The second-order valence-corrected chi connectivity index (χ2v) is 6.50. The first-order chi connectivity index (χ1) is 11.5. The fourth-order valence-electron chi connectivity index (χ4n) is 2.54. The zero-order valence-electron chi connectivity index (χ0n) is 14.0. The molecule has 0 bridgehead atoms. The molecular weight excluding hydrogens is 324 g/mol. The van der Waals surface area contributed by atoms with Gasteiger partial charge in [0.15, 0.2) is 16.6 Å². The van der Waals surface area contributed by atoms with E-state index < -0.39 is 0 Å². The Hall–Kier alpha value is -2.60. The predicted molar refractivity (Wildman–Crippen MR) is 96.6 cm³/mol. The fourth-order valence-corrected chi connectivity index (χ4v) is 3.41. The Morgan fingerprint density at radius 2 is 1.79 bits per heavy atom. The Bertz CT molecular complexity index is 877. The lowest BCUT2D eigenvalue weighted by molar-refractivity contribution is 0.102. The highest BCUT2D eigenvalue weighted by molar-refractivity contribution is 7.22. The maximum absolute atomic E-state index is 12.5. The van der Waals surface area contributed by atoms with Crippen LogP contribution in [-0.2, 0) is 0 Å². The average Bonchev–Trinajstić information content (AvgIpc) is 2.94. The lowest BCUT2D eigenvalue weighted by Gasteiger charge is -2.06. The van der Waals surface area contributed by atoms with Crippen LogP contribution in [0.4, 0.5) is 5.13 Å². The van der Waals surface area contributed by atoms with Gasteiger partial charge in [0.05, 0.1) is 24.4 Å². The number of nitrogens with zero attached hydrogens (tertiary/aromatic N) is 1. The SMILES string of the molecule is COc1cc2nc(NC(=O)c3ccc(C)cc3C)sc2cc1OC. The normalized spacial score (nSPS) is 10.7. The number of thiazole rings is 1. The van der Waals surface area contributed by atoms with Crippen molar-refractivity contribution in [2.75, 3.05) is 19.5 Å². The summed E-state index contributed by atoms with van der Waals surface area (Å²) in [7, 11) is 3.17. The minimum atomic E-state index is -0.162. The monoisotopic (exact) mass is 342 g/mol. The average molecular weight is 342 g/mol. The van der Waals surface area contributed by atoms with Gasteiger partial charge in [-0.3, -0.25) is 10.1 Å². The molecule has 0 spiro atoms. The van der Waals surface area contributed by atoms with Gasteiger partial charge in [0.2, 0.25) is 0 Å². The van der Waals surface area contributed by atoms with Gasteiger partial charge >= 0.3 is 0 Å². The van der Waals surface area contributed by atoms with Crippen molar-refractivity contribution in [2.45, 2.75) is 13.8 Å². The Morgan fingerprint density at radius 1 is 1.08 bits per heavy atom. The largest absolute Gasteiger partial charge is 0.493 e. The number of nitrogens with one attached hydrogen (secondary N) is 1. The zero-order chi connectivity index (χ0) is 17.3. The summed E-state index contributed by atoms with van der Waals surface area (Å²) in [5, 5.41) is 3.42. The topological polar surface area (TPSA) is 60.5 Å². The van der Waals surface area contributed by atoms with Crippen molar-refractivity contribution in [1.82, 2.24) is 4.98 Å². The van der Waals surface area contributed by atoms with Gasteiger partial charge in [-0.15, -0.1) is 0 Å². The summed E-state index contributed by atoms with van der Waals surface area (Å²) in [5.41, 5.74) is 3.48. The van der Waals surface area contributed by atoms with E-state index in [0.717, 1.165) is 21.3 Å². The first-order valence-electron chi connectivity index (χ1n) is 7.43. The molecule has 6 heteroatoms. The van der Waals surface area contributed by atoms with Crippen LogP contribution in [0.2, 0.25) is 0 Å². The molecule has 1 aromatic heterocycles. The van der Waals surface area contributed by atoms with Crippen LogP contribution in [0.15, 0.2) is 30.3 Å². The third-order valence-electron chi connectivity index (χ3n) is 3.74. The number of hydrogen-bond donors (Lipinski definition) is 1. The lowest BCUT2D eigenvalue weighted by Crippen LogP contribution is -2.13. The van der Waals surface area contributed by atoms with Gasteiger partial charge in [0.1, 0.15) is 0 Å². The third kappa shape index (κ3) is 3.05. The molecule has 124 valence electrons. The van der Waals surface area contributed by atoms with Crippen LogP contribution in [0.25, 0.3) is 10.2 Å². The molecule has 0 atom stereocenters. The molecular formula is C18H18N2O3S. The van der Waals surface area contributed by atoms with Gasteiger partial charge in [-0.2, -0.15) is 0 Å². The number of anilines is 1. The molecule has 1 N–H and O–H groups in total. The number of ether oxygens (including phenoxy) is 2. The van der Waals surface area contributed by atoms with Gasteiger partial charge in [-0.05, 0) is 25.5 Å². The van der Waals surface area contributed by atoms with Gasteiger partial charge < -0.3 is 9.47 Å². The van der Waals surface area contributed by atoms with E-state index in [2.05, 4.69) is 10.3 Å². The Morgan fingerprint density at radius 3 is 2.46 bits per heavy atom. The summed E-state index contributed by atoms with van der Waals surface area (Å²) in [4.78, 5) is 16.9. The Balaban J connectivity index is 1.91. The van der Waals surface area contributed by atoms with Crippen LogP contribution in [0.5, 0.6) is 11.5 Å².